The maximum absolute atomic E-state index is 15.3. The Labute approximate surface area is 210 Å². The molecule has 194 valence electrons. The topological polar surface area (TPSA) is 169 Å². The second kappa shape index (κ2) is 10.5. The number of likely N-dealkylation sites (tertiary alicyclic amines) is 1. The first-order valence-corrected chi connectivity index (χ1v) is 11.3. The number of rotatable bonds is 3. The van der Waals surface area contributed by atoms with Crippen molar-refractivity contribution in [2.45, 2.75) is 20.0 Å². The zero-order valence-corrected chi connectivity index (χ0v) is 20.1. The third-order valence-electron chi connectivity index (χ3n) is 6.03. The van der Waals surface area contributed by atoms with Gasteiger partial charge in [0.2, 0.25) is 11.8 Å². The van der Waals surface area contributed by atoms with Crippen LogP contribution in [0, 0.1) is 12.7 Å². The summed E-state index contributed by atoms with van der Waals surface area (Å²) in [5, 5.41) is 13.7. The van der Waals surface area contributed by atoms with Gasteiger partial charge in [0, 0.05) is 42.4 Å². The van der Waals surface area contributed by atoms with E-state index in [1.165, 1.54) is 13.1 Å². The molecule has 1 saturated heterocycles. The van der Waals surface area contributed by atoms with Crippen molar-refractivity contribution in [1.29, 1.82) is 0 Å². The van der Waals surface area contributed by atoms with E-state index in [1.54, 1.807) is 23.2 Å². The molecular formula is C24H25FN6O6. The Morgan fingerprint density at radius 1 is 1.30 bits per heavy atom. The van der Waals surface area contributed by atoms with Gasteiger partial charge in [0.1, 0.15) is 24.2 Å². The van der Waals surface area contributed by atoms with Gasteiger partial charge in [-0.1, -0.05) is 0 Å². The first-order chi connectivity index (χ1) is 17.7. The van der Waals surface area contributed by atoms with Crippen molar-refractivity contribution in [3.8, 4) is 17.0 Å². The molecule has 12 nitrogen and oxygen atoms in total. The summed E-state index contributed by atoms with van der Waals surface area (Å²) in [7, 11) is 0. The monoisotopic (exact) mass is 512 g/mol. The number of fused-ring (bicyclic) bond motifs is 2. The summed E-state index contributed by atoms with van der Waals surface area (Å²) in [6.07, 6.45) is 1.92. The van der Waals surface area contributed by atoms with Crippen LogP contribution in [0.2, 0.25) is 0 Å². The normalized spacial score (nSPS) is 14.2. The van der Waals surface area contributed by atoms with E-state index in [0.717, 1.165) is 11.3 Å². The fraction of sp³-hybridized carbons (Fsp3) is 0.292. The predicted octanol–water partition coefficient (Wildman–Crippen LogP) is 2.61. The number of carboxylic acid groups (broad SMARTS) is 1. The van der Waals surface area contributed by atoms with Crippen molar-refractivity contribution in [3.63, 3.8) is 0 Å². The highest BCUT2D eigenvalue weighted by Gasteiger charge is 2.31. The minimum Gasteiger partial charge on any atom is -0.483 e. The Morgan fingerprint density at radius 3 is 2.73 bits per heavy atom. The molecule has 3 aromatic rings. The number of carbonyl (C=O) groups is 3. The minimum atomic E-state index is -0.684. The van der Waals surface area contributed by atoms with E-state index in [-0.39, 0.29) is 35.6 Å². The van der Waals surface area contributed by atoms with Gasteiger partial charge in [-0.05, 0) is 30.0 Å². The zero-order valence-electron chi connectivity index (χ0n) is 20.1. The summed E-state index contributed by atoms with van der Waals surface area (Å²) in [5.41, 5.74) is 8.43. The van der Waals surface area contributed by atoms with E-state index >= 15 is 4.39 Å². The van der Waals surface area contributed by atoms with Crippen LogP contribution in [0.3, 0.4) is 0 Å². The number of benzene rings is 1. The Morgan fingerprint density at radius 2 is 2.03 bits per heavy atom. The molecule has 1 fully saturated rings. The first-order valence-electron chi connectivity index (χ1n) is 11.3. The molecule has 2 aromatic heterocycles. The molecule has 5 rings (SSSR count). The van der Waals surface area contributed by atoms with Gasteiger partial charge in [-0.2, -0.15) is 0 Å². The fourth-order valence-electron chi connectivity index (χ4n) is 4.11. The zero-order chi connectivity index (χ0) is 26.7. The Hall–Kier alpha value is -4.68. The number of anilines is 3. The number of carbonyl (C=O) groups excluding carboxylic acids is 2. The van der Waals surface area contributed by atoms with Crippen LogP contribution in [0.25, 0.3) is 21.9 Å². The van der Waals surface area contributed by atoms with E-state index in [9.17, 15) is 9.59 Å². The van der Waals surface area contributed by atoms with Crippen LogP contribution in [-0.4, -0.2) is 70.8 Å². The van der Waals surface area contributed by atoms with Gasteiger partial charge in [-0.3, -0.25) is 14.9 Å². The van der Waals surface area contributed by atoms with Gasteiger partial charge in [0.15, 0.2) is 5.82 Å². The van der Waals surface area contributed by atoms with E-state index in [1.807, 2.05) is 6.92 Å². The van der Waals surface area contributed by atoms with Crippen LogP contribution in [-0.2, 0) is 14.3 Å². The maximum Gasteiger partial charge on any atom is 0.413 e. The van der Waals surface area contributed by atoms with Gasteiger partial charge in [0.05, 0.1) is 18.8 Å². The van der Waals surface area contributed by atoms with Gasteiger partial charge in [0.25, 0.3) is 6.47 Å². The van der Waals surface area contributed by atoms with Gasteiger partial charge in [-0.25, -0.2) is 19.2 Å². The molecule has 0 saturated carbocycles. The van der Waals surface area contributed by atoms with Gasteiger partial charge >= 0.3 is 6.09 Å². The molecule has 0 aliphatic carbocycles. The lowest BCUT2D eigenvalue weighted by atomic mass is 9.97. The fourth-order valence-corrected chi connectivity index (χ4v) is 4.11. The molecule has 0 bridgehead atoms. The average molecular weight is 512 g/mol. The van der Waals surface area contributed by atoms with Crippen molar-refractivity contribution < 1.29 is 33.4 Å². The summed E-state index contributed by atoms with van der Waals surface area (Å²) in [6.45, 7) is 4.94. The molecule has 2 aliphatic heterocycles. The number of pyridine rings is 2. The maximum atomic E-state index is 15.3. The number of aromatic nitrogens is 2. The van der Waals surface area contributed by atoms with Crippen LogP contribution >= 0.6 is 0 Å². The van der Waals surface area contributed by atoms with Crippen LogP contribution in [0.5, 0.6) is 5.88 Å². The largest absolute Gasteiger partial charge is 0.483 e. The van der Waals surface area contributed by atoms with Gasteiger partial charge < -0.3 is 30.5 Å². The molecule has 0 spiro atoms. The molecule has 2 amide bonds. The number of hydrogen-bond donors (Lipinski definition) is 4. The SMILES string of the molecule is CC(=O)N1CC(OC(=O)Nc2cc3cc(-c4cnc5c(c4C)NCCO5)c(F)c(N)c3cn2)C1.O=CO. The number of nitrogens with one attached hydrogen (secondary N) is 2. The van der Waals surface area contributed by atoms with Gasteiger partial charge in [-0.15, -0.1) is 0 Å². The lowest BCUT2D eigenvalue weighted by Crippen LogP contribution is -2.54. The summed E-state index contributed by atoms with van der Waals surface area (Å²) >= 11 is 0. The third-order valence-corrected chi connectivity index (χ3v) is 6.03. The Kier molecular flexibility index (Phi) is 7.22. The van der Waals surface area contributed by atoms with E-state index in [4.69, 9.17) is 25.1 Å². The van der Waals surface area contributed by atoms with Crippen LogP contribution in [0.15, 0.2) is 24.5 Å². The number of halogens is 1. The quantitative estimate of drug-likeness (QED) is 0.302. The molecule has 5 N–H and O–H groups in total. The second-order valence-corrected chi connectivity index (χ2v) is 8.38. The lowest BCUT2D eigenvalue weighted by Gasteiger charge is -2.37. The van der Waals surface area contributed by atoms with Crippen molar-refractivity contribution in [2.24, 2.45) is 0 Å². The molecule has 0 unspecified atom stereocenters. The lowest BCUT2D eigenvalue weighted by molar-refractivity contribution is -0.138. The summed E-state index contributed by atoms with van der Waals surface area (Å²) in [6, 6.07) is 3.25. The van der Waals surface area contributed by atoms with Crippen LogP contribution < -0.4 is 21.1 Å². The third kappa shape index (κ3) is 5.15. The average Bonchev–Trinajstić information content (AvgIpc) is 2.84. The van der Waals surface area contributed by atoms with Crippen molar-refractivity contribution in [3.05, 3.63) is 35.9 Å². The van der Waals surface area contributed by atoms with Crippen molar-refractivity contribution in [2.75, 3.05) is 42.6 Å². The highest BCUT2D eigenvalue weighted by Crippen LogP contribution is 2.39. The van der Waals surface area contributed by atoms with Crippen molar-refractivity contribution in [1.82, 2.24) is 14.9 Å². The Bertz CT molecular complexity index is 1380. The number of nitrogens with two attached hydrogens (primary N) is 1. The Balaban J connectivity index is 0.00000102. The molecule has 2 aliphatic rings. The highest BCUT2D eigenvalue weighted by atomic mass is 19.1. The first kappa shape index (κ1) is 25.4. The van der Waals surface area contributed by atoms with E-state index in [2.05, 4.69) is 20.6 Å². The van der Waals surface area contributed by atoms with E-state index < -0.39 is 11.9 Å². The molecular weight excluding hydrogens is 487 g/mol. The highest BCUT2D eigenvalue weighted by molar-refractivity contribution is 5.99. The number of ether oxygens (including phenoxy) is 2. The molecule has 13 heteroatoms. The standard InChI is InChI=1S/C23H23FN6O4.CH2O2/c1-11-16(7-28-22-21(11)26-3-4-33-22)15-5-13-6-18(27-8-17(13)20(25)19(15)24)29-23(32)34-14-9-30(10-14)12(2)31;2-1-3/h5-8,14,26H,3-4,9-10,25H2,1-2H3,(H,27,29,32);1H,(H,2,3). The smallest absolute Gasteiger partial charge is 0.413 e. The van der Waals surface area contributed by atoms with Crippen LogP contribution in [0.1, 0.15) is 12.5 Å². The molecule has 0 atom stereocenters. The molecule has 37 heavy (non-hydrogen) atoms. The second-order valence-electron chi connectivity index (χ2n) is 8.38. The summed E-state index contributed by atoms with van der Waals surface area (Å²) in [4.78, 5) is 41.9. The summed E-state index contributed by atoms with van der Waals surface area (Å²) < 4.78 is 26.1. The number of nitrogen functional groups attached to an aromatic ring is 1. The number of hydrogen-bond acceptors (Lipinski definition) is 9. The number of nitrogens with zero attached hydrogens (tertiary/aromatic N) is 3. The van der Waals surface area contributed by atoms with Crippen molar-refractivity contribution >= 4 is 46.4 Å². The summed E-state index contributed by atoms with van der Waals surface area (Å²) in [5.74, 6) is 0.0714. The molecule has 1 aromatic carbocycles. The predicted molar refractivity (Wildman–Crippen MR) is 133 cm³/mol. The molecule has 0 radical (unpaired) electrons. The minimum absolute atomic E-state index is 0.0470. The van der Waals surface area contributed by atoms with Crippen LogP contribution in [0.4, 0.5) is 26.4 Å². The molecule has 4 heterocycles. The van der Waals surface area contributed by atoms with E-state index in [0.29, 0.717) is 48.5 Å². The number of amides is 2.